The molecule has 0 radical (unpaired) electrons. The Labute approximate surface area is 104 Å². The lowest BCUT2D eigenvalue weighted by atomic mass is 10.6. The van der Waals surface area contributed by atoms with Crippen molar-refractivity contribution in [2.24, 2.45) is 0 Å². The fourth-order valence-electron chi connectivity index (χ4n) is 0.810. The molecule has 0 atom stereocenters. The molecule has 0 fully saturated rings. The molecular formula is C8H6IN3S2. The second-order valence-corrected chi connectivity index (χ2v) is 5.86. The van der Waals surface area contributed by atoms with Crippen LogP contribution in [-0.4, -0.2) is 15.0 Å². The van der Waals surface area contributed by atoms with Crippen LogP contribution in [0.2, 0.25) is 0 Å². The zero-order valence-electron chi connectivity index (χ0n) is 7.27. The maximum atomic E-state index is 4.33. The van der Waals surface area contributed by atoms with Crippen molar-refractivity contribution in [3.05, 3.63) is 27.0 Å². The van der Waals surface area contributed by atoms with Gasteiger partial charge in [0.2, 0.25) is 0 Å². The first-order valence-corrected chi connectivity index (χ1v) is 6.59. The molecule has 0 N–H and O–H groups in total. The number of rotatable bonds is 2. The van der Waals surface area contributed by atoms with E-state index in [9.17, 15) is 0 Å². The van der Waals surface area contributed by atoms with Crippen molar-refractivity contribution in [3.63, 3.8) is 0 Å². The zero-order valence-corrected chi connectivity index (χ0v) is 11.1. The predicted molar refractivity (Wildman–Crippen MR) is 65.7 cm³/mol. The smallest absolute Gasteiger partial charge is 0.194 e. The highest BCUT2D eigenvalue weighted by Gasteiger charge is 2.03. The van der Waals surface area contributed by atoms with Crippen LogP contribution in [0, 0.1) is 10.5 Å². The van der Waals surface area contributed by atoms with Crippen LogP contribution in [0.4, 0.5) is 0 Å². The topological polar surface area (TPSA) is 38.7 Å². The number of aryl methyl sites for hydroxylation is 1. The Morgan fingerprint density at radius 2 is 2.07 bits per heavy atom. The summed E-state index contributed by atoms with van der Waals surface area (Å²) >= 11 is 5.30. The molecule has 0 amide bonds. The highest BCUT2D eigenvalue weighted by Crippen LogP contribution is 2.27. The van der Waals surface area contributed by atoms with Crippen LogP contribution in [0.3, 0.4) is 0 Å². The van der Waals surface area contributed by atoms with Crippen molar-refractivity contribution in [2.75, 3.05) is 0 Å². The van der Waals surface area contributed by atoms with Gasteiger partial charge in [-0.1, -0.05) is 0 Å². The molecule has 0 aliphatic carbocycles. The van der Waals surface area contributed by atoms with Crippen molar-refractivity contribution in [3.8, 4) is 0 Å². The summed E-state index contributed by atoms with van der Waals surface area (Å²) in [6.07, 6.45) is 3.60. The molecule has 3 nitrogen and oxygen atoms in total. The summed E-state index contributed by atoms with van der Waals surface area (Å²) in [6, 6.07) is 0. The Balaban J connectivity index is 2.15. The molecule has 0 bridgehead atoms. The Morgan fingerprint density at radius 3 is 2.64 bits per heavy atom. The first-order chi connectivity index (χ1) is 6.74. The maximum absolute atomic E-state index is 4.33. The van der Waals surface area contributed by atoms with E-state index in [0.717, 1.165) is 18.8 Å². The normalized spacial score (nSPS) is 10.4. The van der Waals surface area contributed by atoms with Crippen molar-refractivity contribution in [1.29, 1.82) is 0 Å². The minimum Gasteiger partial charge on any atom is -0.235 e. The molecule has 2 aromatic heterocycles. The molecule has 2 aromatic rings. The van der Waals surface area contributed by atoms with E-state index >= 15 is 0 Å². The highest BCUT2D eigenvalue weighted by molar-refractivity contribution is 14.1. The number of hydrogen-bond acceptors (Lipinski definition) is 5. The largest absolute Gasteiger partial charge is 0.235 e. The summed E-state index contributed by atoms with van der Waals surface area (Å²) in [5.41, 5.74) is 1.04. The Kier molecular flexibility index (Phi) is 3.34. The fraction of sp³-hybridized carbons (Fsp3) is 0.125. The summed E-state index contributed by atoms with van der Waals surface area (Å²) < 4.78 is 2.03. The lowest BCUT2D eigenvalue weighted by Gasteiger charge is -1.94. The first-order valence-electron chi connectivity index (χ1n) is 3.81. The van der Waals surface area contributed by atoms with E-state index < -0.39 is 0 Å². The van der Waals surface area contributed by atoms with Gasteiger partial charge in [0.1, 0.15) is 0 Å². The lowest BCUT2D eigenvalue weighted by molar-refractivity contribution is 0.955. The number of halogens is 1. The average molecular weight is 335 g/mol. The Morgan fingerprint density at radius 1 is 1.36 bits per heavy atom. The molecule has 14 heavy (non-hydrogen) atoms. The molecule has 6 heteroatoms. The van der Waals surface area contributed by atoms with Gasteiger partial charge in [-0.3, -0.25) is 0 Å². The summed E-state index contributed by atoms with van der Waals surface area (Å²) in [5.74, 6) is 0. The van der Waals surface area contributed by atoms with Gasteiger partial charge in [-0.05, 0) is 41.3 Å². The minimum absolute atomic E-state index is 0.750. The van der Waals surface area contributed by atoms with Crippen LogP contribution in [-0.2, 0) is 0 Å². The van der Waals surface area contributed by atoms with Gasteiger partial charge >= 0.3 is 0 Å². The molecule has 0 saturated heterocycles. The third kappa shape index (κ3) is 2.64. The Hall–Kier alpha value is -0.210. The Bertz CT molecular complexity index is 426. The van der Waals surface area contributed by atoms with E-state index in [2.05, 4.69) is 37.5 Å². The van der Waals surface area contributed by atoms with Crippen molar-refractivity contribution < 1.29 is 0 Å². The molecule has 0 spiro atoms. The number of nitrogens with zero attached hydrogens (tertiary/aromatic N) is 3. The van der Waals surface area contributed by atoms with Crippen LogP contribution >= 0.6 is 45.7 Å². The zero-order chi connectivity index (χ0) is 9.97. The molecule has 2 heterocycles. The SMILES string of the molecule is Cc1csc(Sc2ncc(I)cn2)n1. The monoisotopic (exact) mass is 335 g/mol. The van der Waals surface area contributed by atoms with E-state index in [0.29, 0.717) is 0 Å². The van der Waals surface area contributed by atoms with Gasteiger partial charge in [0.15, 0.2) is 9.50 Å². The van der Waals surface area contributed by atoms with Crippen molar-refractivity contribution >= 4 is 45.7 Å². The third-order valence-corrected chi connectivity index (χ3v) is 3.88. The molecule has 0 saturated carbocycles. The summed E-state index contributed by atoms with van der Waals surface area (Å²) in [5, 5.41) is 2.77. The summed E-state index contributed by atoms with van der Waals surface area (Å²) in [6.45, 7) is 1.98. The minimum atomic E-state index is 0.750. The molecule has 0 aliphatic heterocycles. The quantitative estimate of drug-likeness (QED) is 0.625. The fourth-order valence-corrected chi connectivity index (χ4v) is 2.73. The number of aromatic nitrogens is 3. The second-order valence-electron chi connectivity index (χ2n) is 2.54. The van der Waals surface area contributed by atoms with Crippen LogP contribution in [0.5, 0.6) is 0 Å². The van der Waals surface area contributed by atoms with E-state index in [1.54, 1.807) is 23.7 Å². The van der Waals surface area contributed by atoms with Gasteiger partial charge in [-0.15, -0.1) is 11.3 Å². The van der Waals surface area contributed by atoms with Gasteiger partial charge < -0.3 is 0 Å². The van der Waals surface area contributed by atoms with Crippen LogP contribution in [0.15, 0.2) is 27.3 Å². The molecule has 0 aromatic carbocycles. The van der Waals surface area contributed by atoms with Crippen LogP contribution < -0.4 is 0 Å². The molecule has 0 unspecified atom stereocenters. The van der Waals surface area contributed by atoms with Gasteiger partial charge in [0.25, 0.3) is 0 Å². The first kappa shape index (κ1) is 10.3. The second kappa shape index (κ2) is 4.54. The maximum Gasteiger partial charge on any atom is 0.194 e. The van der Waals surface area contributed by atoms with Gasteiger partial charge in [-0.2, -0.15) is 0 Å². The molecular weight excluding hydrogens is 329 g/mol. The number of thiazole rings is 1. The molecule has 0 aliphatic rings. The van der Waals surface area contributed by atoms with Crippen LogP contribution in [0.25, 0.3) is 0 Å². The van der Waals surface area contributed by atoms with E-state index in [1.165, 1.54) is 11.8 Å². The van der Waals surface area contributed by atoms with Gasteiger partial charge in [0.05, 0.1) is 0 Å². The van der Waals surface area contributed by atoms with E-state index in [-0.39, 0.29) is 0 Å². The summed E-state index contributed by atoms with van der Waals surface area (Å²) in [7, 11) is 0. The predicted octanol–water partition coefficient (Wildman–Crippen LogP) is 3.00. The van der Waals surface area contributed by atoms with Gasteiger partial charge in [0, 0.05) is 27.0 Å². The average Bonchev–Trinajstić information content (AvgIpc) is 2.56. The van der Waals surface area contributed by atoms with E-state index in [1.807, 2.05) is 12.3 Å². The third-order valence-electron chi connectivity index (χ3n) is 1.37. The van der Waals surface area contributed by atoms with Crippen molar-refractivity contribution in [2.45, 2.75) is 16.4 Å². The molecule has 72 valence electrons. The van der Waals surface area contributed by atoms with Gasteiger partial charge in [-0.25, -0.2) is 15.0 Å². The van der Waals surface area contributed by atoms with Crippen LogP contribution in [0.1, 0.15) is 5.69 Å². The van der Waals surface area contributed by atoms with E-state index in [4.69, 9.17) is 0 Å². The highest BCUT2D eigenvalue weighted by atomic mass is 127. The number of hydrogen-bond donors (Lipinski definition) is 0. The summed E-state index contributed by atoms with van der Waals surface area (Å²) in [4.78, 5) is 12.7. The molecule has 2 rings (SSSR count). The standard InChI is InChI=1S/C8H6IN3S2/c1-5-4-13-8(12-5)14-7-10-2-6(9)3-11-7/h2-4H,1H3. The lowest BCUT2D eigenvalue weighted by Crippen LogP contribution is -1.85. The van der Waals surface area contributed by atoms with Crippen molar-refractivity contribution in [1.82, 2.24) is 15.0 Å².